The molecule has 5 nitrogen and oxygen atoms in total. The molecular weight excluding hydrogens is 373 g/mol. The second kappa shape index (κ2) is 9.07. The predicted octanol–water partition coefficient (Wildman–Crippen LogP) is 2.34. The number of nitrogens with one attached hydrogen (secondary N) is 2. The minimum atomic E-state index is -0.292. The lowest BCUT2D eigenvalue weighted by Crippen LogP contribution is -3.15. The van der Waals surface area contributed by atoms with E-state index in [9.17, 15) is 9.59 Å². The Hall–Kier alpha value is -1.30. The SMILES string of the molecule is C[C@H]1C[C@H](C)CN(C(=O)[C@@H](C)[NH+](C)CC(=O)Nc2c(Cl)cccc2Cl)C1. The summed E-state index contributed by atoms with van der Waals surface area (Å²) in [4.78, 5) is 27.9. The van der Waals surface area contributed by atoms with Crippen molar-refractivity contribution in [3.8, 4) is 0 Å². The number of benzene rings is 1. The van der Waals surface area contributed by atoms with E-state index in [1.807, 2.05) is 18.9 Å². The van der Waals surface area contributed by atoms with Gasteiger partial charge in [0.25, 0.3) is 11.8 Å². The zero-order valence-corrected chi connectivity index (χ0v) is 17.3. The van der Waals surface area contributed by atoms with Crippen molar-refractivity contribution in [3.63, 3.8) is 0 Å². The fourth-order valence-corrected chi connectivity index (χ4v) is 4.03. The Bertz CT molecular complexity index is 638. The number of hydrogen-bond acceptors (Lipinski definition) is 2. The van der Waals surface area contributed by atoms with Crippen LogP contribution in [0.4, 0.5) is 5.69 Å². The van der Waals surface area contributed by atoms with Crippen LogP contribution in [-0.4, -0.2) is 49.4 Å². The number of halogens is 2. The third-order valence-electron chi connectivity index (χ3n) is 4.96. The Balaban J connectivity index is 1.94. The Morgan fingerprint density at radius 1 is 1.23 bits per heavy atom. The molecular formula is C19H28Cl2N3O2+. The maximum absolute atomic E-state index is 12.8. The average molecular weight is 401 g/mol. The summed E-state index contributed by atoms with van der Waals surface area (Å²) in [6.45, 7) is 7.98. The number of nitrogens with zero attached hydrogens (tertiary/aromatic N) is 1. The van der Waals surface area contributed by atoms with E-state index in [0.29, 0.717) is 27.6 Å². The van der Waals surface area contributed by atoms with Crippen molar-refractivity contribution in [2.45, 2.75) is 33.2 Å². The summed E-state index contributed by atoms with van der Waals surface area (Å²) in [6, 6.07) is 4.77. The minimum Gasteiger partial charge on any atom is -0.337 e. The van der Waals surface area contributed by atoms with Crippen LogP contribution in [0.15, 0.2) is 18.2 Å². The Morgan fingerprint density at radius 3 is 2.31 bits per heavy atom. The van der Waals surface area contributed by atoms with E-state index in [4.69, 9.17) is 23.2 Å². The number of piperidine rings is 1. The lowest BCUT2D eigenvalue weighted by Gasteiger charge is -2.36. The van der Waals surface area contributed by atoms with Crippen molar-refractivity contribution in [1.29, 1.82) is 0 Å². The van der Waals surface area contributed by atoms with Gasteiger partial charge in [-0.05, 0) is 37.3 Å². The number of amides is 2. The molecule has 1 aromatic carbocycles. The molecule has 1 saturated heterocycles. The van der Waals surface area contributed by atoms with E-state index >= 15 is 0 Å². The zero-order chi connectivity index (χ0) is 19.4. The van der Waals surface area contributed by atoms with Gasteiger partial charge in [-0.2, -0.15) is 0 Å². The van der Waals surface area contributed by atoms with Crippen molar-refractivity contribution < 1.29 is 14.5 Å². The maximum atomic E-state index is 12.8. The van der Waals surface area contributed by atoms with Gasteiger partial charge < -0.3 is 15.1 Å². The van der Waals surface area contributed by atoms with E-state index in [0.717, 1.165) is 24.4 Å². The molecule has 1 aliphatic heterocycles. The van der Waals surface area contributed by atoms with Crippen LogP contribution in [0.1, 0.15) is 27.2 Å². The third kappa shape index (κ3) is 5.35. The predicted molar refractivity (Wildman–Crippen MR) is 106 cm³/mol. The number of quaternary nitrogens is 1. The highest BCUT2D eigenvalue weighted by Crippen LogP contribution is 2.29. The molecule has 1 aliphatic rings. The fraction of sp³-hybridized carbons (Fsp3) is 0.579. The van der Waals surface area contributed by atoms with Gasteiger partial charge >= 0.3 is 0 Å². The number of para-hydroxylation sites is 1. The molecule has 2 amide bonds. The first-order chi connectivity index (χ1) is 12.2. The molecule has 7 heteroatoms. The van der Waals surface area contributed by atoms with E-state index in [2.05, 4.69) is 19.2 Å². The molecule has 1 aromatic rings. The molecule has 2 rings (SSSR count). The molecule has 0 saturated carbocycles. The summed E-state index contributed by atoms with van der Waals surface area (Å²) in [7, 11) is 1.85. The van der Waals surface area contributed by atoms with Gasteiger partial charge in [-0.3, -0.25) is 9.59 Å². The van der Waals surface area contributed by atoms with Crippen LogP contribution in [0.25, 0.3) is 0 Å². The number of likely N-dealkylation sites (tertiary alicyclic amines) is 1. The van der Waals surface area contributed by atoms with Crippen LogP contribution in [0.3, 0.4) is 0 Å². The Kier molecular flexibility index (Phi) is 7.33. The van der Waals surface area contributed by atoms with Crippen LogP contribution in [0.5, 0.6) is 0 Å². The quantitative estimate of drug-likeness (QED) is 0.796. The summed E-state index contributed by atoms with van der Waals surface area (Å²) in [5.74, 6) is 0.906. The summed E-state index contributed by atoms with van der Waals surface area (Å²) in [5, 5.41) is 3.53. The fourth-order valence-electron chi connectivity index (χ4n) is 3.53. The van der Waals surface area contributed by atoms with Crippen LogP contribution >= 0.6 is 23.2 Å². The zero-order valence-electron chi connectivity index (χ0n) is 15.8. The lowest BCUT2D eigenvalue weighted by atomic mass is 9.91. The van der Waals surface area contributed by atoms with Crippen molar-refractivity contribution in [3.05, 3.63) is 28.2 Å². The van der Waals surface area contributed by atoms with Crippen LogP contribution in [-0.2, 0) is 9.59 Å². The topological polar surface area (TPSA) is 53.9 Å². The van der Waals surface area contributed by atoms with Gasteiger partial charge in [-0.25, -0.2) is 0 Å². The number of hydrogen-bond donors (Lipinski definition) is 2. The van der Waals surface area contributed by atoms with Gasteiger partial charge in [0.15, 0.2) is 12.6 Å². The summed E-state index contributed by atoms with van der Waals surface area (Å²) < 4.78 is 0. The van der Waals surface area contributed by atoms with Gasteiger partial charge in [0.1, 0.15) is 0 Å². The minimum absolute atomic E-state index is 0.101. The smallest absolute Gasteiger partial charge is 0.280 e. The Morgan fingerprint density at radius 2 is 1.77 bits per heavy atom. The number of likely N-dealkylation sites (N-methyl/N-ethyl adjacent to an activating group) is 1. The summed E-state index contributed by atoms with van der Waals surface area (Å²) in [5.41, 5.74) is 0.409. The van der Waals surface area contributed by atoms with Gasteiger partial charge in [0.2, 0.25) is 0 Å². The molecule has 0 aromatic heterocycles. The molecule has 1 unspecified atom stereocenters. The number of rotatable bonds is 5. The van der Waals surface area contributed by atoms with E-state index < -0.39 is 0 Å². The van der Waals surface area contributed by atoms with E-state index in [1.54, 1.807) is 18.2 Å². The van der Waals surface area contributed by atoms with Crippen LogP contribution in [0.2, 0.25) is 10.0 Å². The molecule has 1 fully saturated rings. The second-order valence-corrected chi connectivity index (χ2v) is 8.39. The van der Waals surface area contributed by atoms with Crippen molar-refractivity contribution in [2.75, 3.05) is 32.0 Å². The second-order valence-electron chi connectivity index (χ2n) is 7.58. The van der Waals surface area contributed by atoms with Gasteiger partial charge in [-0.1, -0.05) is 43.1 Å². The average Bonchev–Trinajstić information content (AvgIpc) is 2.56. The number of carbonyl (C=O) groups excluding carboxylic acids is 2. The first-order valence-electron chi connectivity index (χ1n) is 9.04. The standard InChI is InChI=1S/C19H27Cl2N3O2/c1-12-8-13(2)10-24(9-12)19(26)14(3)23(4)11-17(25)22-18-15(20)6-5-7-16(18)21/h5-7,12-14H,8-11H2,1-4H3,(H,22,25)/p+1/t12-,13-,14+/m0/s1. The highest BCUT2D eigenvalue weighted by molar-refractivity contribution is 6.39. The van der Waals surface area contributed by atoms with Crippen LogP contribution < -0.4 is 10.2 Å². The normalized spacial score (nSPS) is 22.6. The van der Waals surface area contributed by atoms with Crippen molar-refractivity contribution >= 4 is 40.7 Å². The maximum Gasteiger partial charge on any atom is 0.280 e. The van der Waals surface area contributed by atoms with Gasteiger partial charge in [0, 0.05) is 13.1 Å². The van der Waals surface area contributed by atoms with Crippen molar-refractivity contribution in [2.24, 2.45) is 11.8 Å². The summed E-state index contributed by atoms with van der Waals surface area (Å²) >= 11 is 12.2. The molecule has 144 valence electrons. The molecule has 0 aliphatic carbocycles. The third-order valence-corrected chi connectivity index (χ3v) is 5.59. The molecule has 4 atom stereocenters. The van der Waals surface area contributed by atoms with Crippen molar-refractivity contribution in [1.82, 2.24) is 4.90 Å². The molecule has 0 radical (unpaired) electrons. The molecule has 0 bridgehead atoms. The largest absolute Gasteiger partial charge is 0.337 e. The van der Waals surface area contributed by atoms with Gasteiger partial charge in [-0.15, -0.1) is 0 Å². The summed E-state index contributed by atoms with van der Waals surface area (Å²) in [6.07, 6.45) is 1.15. The number of carbonyl (C=O) groups is 2. The van der Waals surface area contributed by atoms with Crippen LogP contribution in [0, 0.1) is 11.8 Å². The first kappa shape index (κ1) is 21.0. The highest BCUT2D eigenvalue weighted by Gasteiger charge is 2.32. The number of anilines is 1. The lowest BCUT2D eigenvalue weighted by molar-refractivity contribution is -0.886. The molecule has 26 heavy (non-hydrogen) atoms. The molecule has 2 N–H and O–H groups in total. The monoisotopic (exact) mass is 400 g/mol. The molecule has 0 spiro atoms. The molecule has 1 heterocycles. The van der Waals surface area contributed by atoms with E-state index in [1.165, 1.54) is 0 Å². The highest BCUT2D eigenvalue weighted by atomic mass is 35.5. The first-order valence-corrected chi connectivity index (χ1v) is 9.79. The van der Waals surface area contributed by atoms with E-state index in [-0.39, 0.29) is 24.4 Å². The Labute approximate surface area is 165 Å². The van der Waals surface area contributed by atoms with Gasteiger partial charge in [0.05, 0.1) is 22.8 Å².